The molecule has 1 N–H and O–H groups in total. The lowest BCUT2D eigenvalue weighted by Crippen LogP contribution is -2.43. The van der Waals surface area contributed by atoms with Crippen molar-refractivity contribution in [2.75, 3.05) is 14.2 Å². The van der Waals surface area contributed by atoms with Crippen LogP contribution >= 0.6 is 0 Å². The van der Waals surface area contributed by atoms with Crippen LogP contribution in [0.25, 0.3) is 0 Å². The first-order valence-electron chi connectivity index (χ1n) is 5.67. The lowest BCUT2D eigenvalue weighted by Gasteiger charge is -2.22. The van der Waals surface area contributed by atoms with Crippen molar-refractivity contribution in [1.29, 1.82) is 0 Å². The maximum absolute atomic E-state index is 12.1. The fourth-order valence-corrected chi connectivity index (χ4v) is 1.64. The monoisotopic (exact) mass is 253 g/mol. The molecule has 1 heterocycles. The average Bonchev–Trinajstić information content (AvgIpc) is 2.33. The Bertz CT molecular complexity index is 419. The number of ether oxygens (including phenoxy) is 2. The number of rotatable bonds is 5. The fourth-order valence-electron chi connectivity index (χ4n) is 1.64. The topological polar surface area (TPSA) is 73.3 Å². The lowest BCUT2D eigenvalue weighted by molar-refractivity contribution is -0.117. The van der Waals surface area contributed by atoms with Gasteiger partial charge in [-0.15, -0.1) is 0 Å². The summed E-state index contributed by atoms with van der Waals surface area (Å²) in [5.41, 5.74) is 1.81. The second kappa shape index (κ2) is 6.42. The molecule has 1 amide bonds. The molecule has 1 unspecified atom stereocenters. The highest BCUT2D eigenvalue weighted by Gasteiger charge is 2.20. The predicted octanol–water partition coefficient (Wildman–Crippen LogP) is 0.831. The molecule has 0 aromatic carbocycles. The summed E-state index contributed by atoms with van der Waals surface area (Å²) in [5.74, 6) is -0.211. The van der Waals surface area contributed by atoms with Gasteiger partial charge in [-0.25, -0.2) is 0 Å². The predicted molar refractivity (Wildman–Crippen MR) is 66.2 cm³/mol. The molecule has 1 atom stereocenters. The summed E-state index contributed by atoms with van der Waals surface area (Å²) >= 11 is 0. The van der Waals surface area contributed by atoms with Crippen LogP contribution in [0.3, 0.4) is 0 Å². The van der Waals surface area contributed by atoms with E-state index >= 15 is 0 Å². The van der Waals surface area contributed by atoms with Gasteiger partial charge in [0.1, 0.15) is 0 Å². The Labute approximate surface area is 107 Å². The van der Waals surface area contributed by atoms with Crippen molar-refractivity contribution in [3.63, 3.8) is 0 Å². The zero-order valence-electron chi connectivity index (χ0n) is 11.4. The van der Waals surface area contributed by atoms with E-state index in [-0.39, 0.29) is 11.9 Å². The minimum absolute atomic E-state index is 0.211. The van der Waals surface area contributed by atoms with Crippen LogP contribution in [-0.4, -0.2) is 42.7 Å². The second-order valence-electron chi connectivity index (χ2n) is 4.09. The summed E-state index contributed by atoms with van der Waals surface area (Å²) in [6, 6.07) is 1.44. The summed E-state index contributed by atoms with van der Waals surface area (Å²) in [6.45, 7) is 5.35. The molecule has 0 aliphatic rings. The number of aromatic nitrogens is 2. The van der Waals surface area contributed by atoms with Gasteiger partial charge in [-0.3, -0.25) is 4.79 Å². The van der Waals surface area contributed by atoms with Crippen molar-refractivity contribution in [2.45, 2.75) is 33.1 Å². The molecule has 100 valence electrons. The zero-order chi connectivity index (χ0) is 13.7. The highest BCUT2D eigenvalue weighted by molar-refractivity contribution is 5.95. The van der Waals surface area contributed by atoms with Crippen molar-refractivity contribution in [1.82, 2.24) is 15.5 Å². The number of carbonyl (C=O) groups is 1. The molecule has 0 spiro atoms. The van der Waals surface area contributed by atoms with E-state index in [4.69, 9.17) is 9.47 Å². The highest BCUT2D eigenvalue weighted by atomic mass is 16.7. The smallest absolute Gasteiger partial charge is 0.253 e. The Morgan fingerprint density at radius 3 is 2.44 bits per heavy atom. The van der Waals surface area contributed by atoms with Gasteiger partial charge in [0.15, 0.2) is 6.29 Å². The maximum Gasteiger partial charge on any atom is 0.253 e. The van der Waals surface area contributed by atoms with Gasteiger partial charge in [0.2, 0.25) is 0 Å². The van der Waals surface area contributed by atoms with Crippen molar-refractivity contribution in [3.05, 3.63) is 23.0 Å². The van der Waals surface area contributed by atoms with Crippen LogP contribution in [0.4, 0.5) is 0 Å². The van der Waals surface area contributed by atoms with E-state index in [1.165, 1.54) is 14.2 Å². The van der Waals surface area contributed by atoms with E-state index in [9.17, 15) is 4.79 Å². The van der Waals surface area contributed by atoms with Crippen molar-refractivity contribution in [2.24, 2.45) is 0 Å². The van der Waals surface area contributed by atoms with E-state index in [0.29, 0.717) is 17.0 Å². The number of carbonyl (C=O) groups excluding carboxylic acids is 1. The third kappa shape index (κ3) is 3.48. The first-order chi connectivity index (χ1) is 8.49. The Kier molecular flexibility index (Phi) is 5.18. The van der Waals surface area contributed by atoms with Gasteiger partial charge in [0.25, 0.3) is 5.91 Å². The zero-order valence-corrected chi connectivity index (χ0v) is 11.4. The summed E-state index contributed by atoms with van der Waals surface area (Å²) in [4.78, 5) is 12.1. The quantitative estimate of drug-likeness (QED) is 0.787. The largest absolute Gasteiger partial charge is 0.354 e. The summed E-state index contributed by atoms with van der Waals surface area (Å²) in [7, 11) is 3.06. The molecule has 1 aromatic heterocycles. The van der Waals surface area contributed by atoms with Crippen LogP contribution in [0.1, 0.15) is 28.7 Å². The van der Waals surface area contributed by atoms with E-state index in [1.54, 1.807) is 19.9 Å². The average molecular weight is 253 g/mol. The first kappa shape index (κ1) is 14.5. The minimum Gasteiger partial charge on any atom is -0.354 e. The number of nitrogens with one attached hydrogen (secondary N) is 1. The lowest BCUT2D eigenvalue weighted by atomic mass is 10.1. The number of nitrogens with zero attached hydrogens (tertiary/aromatic N) is 2. The molecule has 0 aliphatic carbocycles. The standard InChI is InChI=1S/C12H19N3O3/c1-7-6-10(8(2)15-14-7)11(16)13-9(3)12(17-4)18-5/h6,9,12H,1-5H3,(H,13,16). The maximum atomic E-state index is 12.1. The second-order valence-corrected chi connectivity index (χ2v) is 4.09. The van der Waals surface area contributed by atoms with Crippen molar-refractivity contribution < 1.29 is 14.3 Å². The molecular weight excluding hydrogens is 234 g/mol. The fraction of sp³-hybridized carbons (Fsp3) is 0.583. The van der Waals surface area contributed by atoms with Crippen molar-refractivity contribution in [3.8, 4) is 0 Å². The van der Waals surface area contributed by atoms with E-state index in [0.717, 1.165) is 0 Å². The van der Waals surface area contributed by atoms with Gasteiger partial charge in [-0.2, -0.15) is 10.2 Å². The highest BCUT2D eigenvalue weighted by Crippen LogP contribution is 2.07. The molecule has 0 radical (unpaired) electrons. The molecule has 0 aliphatic heterocycles. The van der Waals surface area contributed by atoms with Crippen LogP contribution in [0.5, 0.6) is 0 Å². The third-order valence-corrected chi connectivity index (χ3v) is 2.58. The third-order valence-electron chi connectivity index (χ3n) is 2.58. The van der Waals surface area contributed by atoms with Crippen molar-refractivity contribution >= 4 is 5.91 Å². The molecule has 0 saturated heterocycles. The number of hydrogen-bond acceptors (Lipinski definition) is 5. The van der Waals surface area contributed by atoms with Gasteiger partial charge in [0, 0.05) is 14.2 Å². The number of aryl methyl sites for hydroxylation is 2. The van der Waals surface area contributed by atoms with Gasteiger partial charge in [-0.1, -0.05) is 0 Å². The van der Waals surface area contributed by atoms with Gasteiger partial charge in [0.05, 0.1) is 23.0 Å². The molecule has 0 saturated carbocycles. The summed E-state index contributed by atoms with van der Waals surface area (Å²) in [6.07, 6.45) is -0.481. The Balaban J connectivity index is 2.79. The van der Waals surface area contributed by atoms with E-state index in [1.807, 2.05) is 6.92 Å². The molecule has 1 rings (SSSR count). The first-order valence-corrected chi connectivity index (χ1v) is 5.67. The number of amides is 1. The number of hydrogen-bond donors (Lipinski definition) is 1. The number of methoxy groups -OCH3 is 2. The van der Waals surface area contributed by atoms with Gasteiger partial charge >= 0.3 is 0 Å². The van der Waals surface area contributed by atoms with E-state index in [2.05, 4.69) is 15.5 Å². The molecule has 6 heteroatoms. The molecule has 0 bridgehead atoms. The minimum atomic E-state index is -0.481. The summed E-state index contributed by atoms with van der Waals surface area (Å²) in [5, 5.41) is 10.6. The summed E-state index contributed by atoms with van der Waals surface area (Å²) < 4.78 is 10.2. The van der Waals surface area contributed by atoms with E-state index < -0.39 is 6.29 Å². The Morgan fingerprint density at radius 1 is 1.28 bits per heavy atom. The van der Waals surface area contributed by atoms with Crippen LogP contribution in [-0.2, 0) is 9.47 Å². The Morgan fingerprint density at radius 2 is 1.89 bits per heavy atom. The Hall–Kier alpha value is -1.53. The molecule has 6 nitrogen and oxygen atoms in total. The van der Waals surface area contributed by atoms with Crippen LogP contribution < -0.4 is 5.32 Å². The van der Waals surface area contributed by atoms with Crippen LogP contribution in [0.15, 0.2) is 6.07 Å². The van der Waals surface area contributed by atoms with Gasteiger partial charge in [-0.05, 0) is 26.8 Å². The normalized spacial score (nSPS) is 12.6. The molecule has 0 fully saturated rings. The van der Waals surface area contributed by atoms with Gasteiger partial charge < -0.3 is 14.8 Å². The SMILES string of the molecule is COC(OC)C(C)NC(=O)c1cc(C)nnc1C. The molecular formula is C12H19N3O3. The molecule has 18 heavy (non-hydrogen) atoms. The van der Waals surface area contributed by atoms with Crippen LogP contribution in [0.2, 0.25) is 0 Å². The molecule has 1 aromatic rings. The van der Waals surface area contributed by atoms with Crippen LogP contribution in [0, 0.1) is 13.8 Å².